The lowest BCUT2D eigenvalue weighted by Crippen LogP contribution is -2.57. The number of nitrogens with one attached hydrogen (secondary N) is 3. The van der Waals surface area contributed by atoms with E-state index in [9.17, 15) is 29.1 Å². The van der Waals surface area contributed by atoms with Gasteiger partial charge in [0.05, 0.1) is 6.04 Å². The van der Waals surface area contributed by atoms with Crippen molar-refractivity contribution < 1.29 is 29.1 Å². The zero-order valence-corrected chi connectivity index (χ0v) is 22.5. The third-order valence-corrected chi connectivity index (χ3v) is 6.28. The molecule has 0 rings (SSSR count). The van der Waals surface area contributed by atoms with Crippen LogP contribution in [0.25, 0.3) is 0 Å². The summed E-state index contributed by atoms with van der Waals surface area (Å²) in [6.45, 7) is 3.69. The van der Waals surface area contributed by atoms with Crippen molar-refractivity contribution in [3.8, 4) is 0 Å². The fraction of sp³-hybridized carbons (Fsp3) is 0.727. The maximum atomic E-state index is 13.1. The molecule has 0 aliphatic heterocycles. The number of amides is 4. The first kappa shape index (κ1) is 33.9. The zero-order valence-electron chi connectivity index (χ0n) is 21.7. The number of carboxylic acid groups (broad SMARTS) is 1. The van der Waals surface area contributed by atoms with E-state index in [-0.39, 0.29) is 44.1 Å². The van der Waals surface area contributed by atoms with Crippen LogP contribution < -0.4 is 38.9 Å². The van der Waals surface area contributed by atoms with E-state index in [1.807, 2.05) is 6.26 Å². The molecular formula is C22H42N8O6S. The number of nitrogens with two attached hydrogens (primary N) is 4. The standard InChI is InChI=1S/C22H42N8O6S/c1-4-12(2)17(21(35)36)30-20(34)14(6-5-10-27-22(25)26)29-19(33)15(9-11-37-3)28-18(32)13(23)7-8-16(24)31/h12-15,17H,4-11,23H2,1-3H3,(H2,24,31)(H,28,32)(H,29,33)(H,30,34)(H,35,36)(H4,25,26,27). The lowest BCUT2D eigenvalue weighted by atomic mass is 9.98. The lowest BCUT2D eigenvalue weighted by molar-refractivity contribution is -0.144. The molecule has 4 amide bonds. The Morgan fingerprint density at radius 2 is 1.49 bits per heavy atom. The number of aliphatic imine (C=N–C) groups is 1. The highest BCUT2D eigenvalue weighted by molar-refractivity contribution is 7.98. The summed E-state index contributed by atoms with van der Waals surface area (Å²) in [6.07, 6.45) is 2.94. The van der Waals surface area contributed by atoms with Crippen molar-refractivity contribution in [3.05, 3.63) is 0 Å². The second-order valence-electron chi connectivity index (χ2n) is 8.67. The minimum absolute atomic E-state index is 0.0139. The molecule has 0 radical (unpaired) electrons. The molecule has 0 spiro atoms. The number of hydrogen-bond acceptors (Lipinski definition) is 8. The monoisotopic (exact) mass is 546 g/mol. The molecule has 14 nitrogen and oxygen atoms in total. The smallest absolute Gasteiger partial charge is 0.326 e. The third-order valence-electron chi connectivity index (χ3n) is 5.64. The molecule has 5 unspecified atom stereocenters. The van der Waals surface area contributed by atoms with Crippen LogP contribution >= 0.6 is 11.8 Å². The molecule has 0 fully saturated rings. The Hall–Kier alpha value is -3.07. The summed E-state index contributed by atoms with van der Waals surface area (Å²) in [5.41, 5.74) is 21.6. The first-order valence-electron chi connectivity index (χ1n) is 12.1. The molecule has 0 heterocycles. The van der Waals surface area contributed by atoms with Gasteiger partial charge in [-0.2, -0.15) is 11.8 Å². The van der Waals surface area contributed by atoms with Crippen molar-refractivity contribution in [1.82, 2.24) is 16.0 Å². The zero-order chi connectivity index (χ0) is 28.5. The van der Waals surface area contributed by atoms with Crippen LogP contribution in [-0.2, 0) is 24.0 Å². The van der Waals surface area contributed by atoms with Gasteiger partial charge in [0.2, 0.25) is 23.6 Å². The Morgan fingerprint density at radius 3 is 2.00 bits per heavy atom. The molecule has 212 valence electrons. The van der Waals surface area contributed by atoms with Crippen LogP contribution in [0, 0.1) is 5.92 Å². The molecule has 0 saturated heterocycles. The van der Waals surface area contributed by atoms with Gasteiger partial charge in [0.1, 0.15) is 18.1 Å². The van der Waals surface area contributed by atoms with Crippen LogP contribution in [0.2, 0.25) is 0 Å². The van der Waals surface area contributed by atoms with E-state index in [1.54, 1.807) is 13.8 Å². The summed E-state index contributed by atoms with van der Waals surface area (Å²) in [5.74, 6) is -3.71. The second-order valence-corrected chi connectivity index (χ2v) is 9.66. The molecule has 0 aliphatic carbocycles. The van der Waals surface area contributed by atoms with Crippen LogP contribution in [-0.4, -0.2) is 83.4 Å². The van der Waals surface area contributed by atoms with Crippen LogP contribution in [0.15, 0.2) is 4.99 Å². The average Bonchev–Trinajstić information content (AvgIpc) is 2.83. The summed E-state index contributed by atoms with van der Waals surface area (Å²) in [7, 11) is 0. The number of carbonyl (C=O) groups is 5. The van der Waals surface area contributed by atoms with Crippen molar-refractivity contribution >= 4 is 47.3 Å². The molecule has 12 N–H and O–H groups in total. The predicted octanol–water partition coefficient (Wildman–Crippen LogP) is -2.03. The first-order chi connectivity index (χ1) is 17.3. The SMILES string of the molecule is CCC(C)C(NC(=O)C(CCCN=C(N)N)NC(=O)C(CCSC)NC(=O)C(N)CCC(N)=O)C(=O)O. The molecule has 0 aromatic rings. The second kappa shape index (κ2) is 18.2. The van der Waals surface area contributed by atoms with Gasteiger partial charge >= 0.3 is 5.97 Å². The van der Waals surface area contributed by atoms with Crippen LogP contribution in [0.3, 0.4) is 0 Å². The number of carboxylic acids is 1. The molecule has 0 aromatic heterocycles. The minimum atomic E-state index is -1.19. The van der Waals surface area contributed by atoms with Gasteiger partial charge in [0.15, 0.2) is 5.96 Å². The van der Waals surface area contributed by atoms with Crippen LogP contribution in [0.1, 0.15) is 52.4 Å². The van der Waals surface area contributed by atoms with E-state index in [0.717, 1.165) is 0 Å². The van der Waals surface area contributed by atoms with Gasteiger partial charge in [-0.3, -0.25) is 24.2 Å². The van der Waals surface area contributed by atoms with Gasteiger partial charge in [-0.1, -0.05) is 20.3 Å². The normalized spacial score (nSPS) is 14.8. The van der Waals surface area contributed by atoms with E-state index < -0.39 is 53.8 Å². The molecule has 0 aliphatic rings. The number of hydrogen-bond donors (Lipinski definition) is 8. The number of rotatable bonds is 19. The van der Waals surface area contributed by atoms with Crippen LogP contribution in [0.5, 0.6) is 0 Å². The molecular weight excluding hydrogens is 504 g/mol. The number of primary amides is 1. The predicted molar refractivity (Wildman–Crippen MR) is 142 cm³/mol. The first-order valence-corrected chi connectivity index (χ1v) is 13.4. The van der Waals surface area contributed by atoms with Crippen molar-refractivity contribution in [2.75, 3.05) is 18.6 Å². The number of carbonyl (C=O) groups excluding carboxylic acids is 4. The van der Waals surface area contributed by atoms with Gasteiger partial charge in [-0.05, 0) is 43.6 Å². The third kappa shape index (κ3) is 14.3. The van der Waals surface area contributed by atoms with Crippen molar-refractivity contribution in [1.29, 1.82) is 0 Å². The van der Waals surface area contributed by atoms with Crippen molar-refractivity contribution in [3.63, 3.8) is 0 Å². The molecule has 5 atom stereocenters. The highest BCUT2D eigenvalue weighted by Crippen LogP contribution is 2.10. The molecule has 0 saturated carbocycles. The van der Waals surface area contributed by atoms with Gasteiger partial charge in [-0.25, -0.2) is 4.79 Å². The Morgan fingerprint density at radius 1 is 0.919 bits per heavy atom. The maximum Gasteiger partial charge on any atom is 0.326 e. The highest BCUT2D eigenvalue weighted by Gasteiger charge is 2.31. The van der Waals surface area contributed by atoms with E-state index in [0.29, 0.717) is 18.6 Å². The maximum absolute atomic E-state index is 13.1. The Labute approximate surface area is 221 Å². The summed E-state index contributed by atoms with van der Waals surface area (Å²) in [5, 5.41) is 17.2. The lowest BCUT2D eigenvalue weighted by Gasteiger charge is -2.26. The number of thioether (sulfide) groups is 1. The summed E-state index contributed by atoms with van der Waals surface area (Å²) >= 11 is 1.45. The Bertz CT molecular complexity index is 808. The fourth-order valence-electron chi connectivity index (χ4n) is 3.19. The van der Waals surface area contributed by atoms with Gasteiger partial charge < -0.3 is 44.0 Å². The van der Waals surface area contributed by atoms with Crippen molar-refractivity contribution in [2.45, 2.75) is 76.5 Å². The minimum Gasteiger partial charge on any atom is -0.480 e. The molecule has 15 heteroatoms. The Balaban J connectivity index is 5.63. The van der Waals surface area contributed by atoms with Gasteiger partial charge in [0.25, 0.3) is 0 Å². The number of guanidine groups is 1. The number of nitrogens with zero attached hydrogens (tertiary/aromatic N) is 1. The average molecular weight is 547 g/mol. The fourth-order valence-corrected chi connectivity index (χ4v) is 3.67. The van der Waals surface area contributed by atoms with E-state index in [1.165, 1.54) is 11.8 Å². The van der Waals surface area contributed by atoms with E-state index >= 15 is 0 Å². The topological polar surface area (TPSA) is 258 Å². The summed E-state index contributed by atoms with van der Waals surface area (Å²) < 4.78 is 0. The van der Waals surface area contributed by atoms with Crippen molar-refractivity contribution in [2.24, 2.45) is 33.8 Å². The molecule has 37 heavy (non-hydrogen) atoms. The van der Waals surface area contributed by atoms with E-state index in [2.05, 4.69) is 20.9 Å². The highest BCUT2D eigenvalue weighted by atomic mass is 32.2. The molecule has 0 aromatic carbocycles. The number of aliphatic carboxylic acids is 1. The largest absolute Gasteiger partial charge is 0.480 e. The van der Waals surface area contributed by atoms with Crippen LogP contribution in [0.4, 0.5) is 0 Å². The quantitative estimate of drug-likeness (QED) is 0.0500. The van der Waals surface area contributed by atoms with Gasteiger partial charge in [0, 0.05) is 13.0 Å². The van der Waals surface area contributed by atoms with E-state index in [4.69, 9.17) is 22.9 Å². The summed E-state index contributed by atoms with van der Waals surface area (Å²) in [6, 6.07) is -4.32. The van der Waals surface area contributed by atoms with Gasteiger partial charge in [-0.15, -0.1) is 0 Å². The summed E-state index contributed by atoms with van der Waals surface area (Å²) in [4.78, 5) is 65.2. The molecule has 0 bridgehead atoms. The Kier molecular flexibility index (Phi) is 16.7.